The van der Waals surface area contributed by atoms with Crippen molar-refractivity contribution in [1.29, 1.82) is 0 Å². The smallest absolute Gasteiger partial charge is 0.264 e. The Hall–Kier alpha value is -2.77. The third-order valence-corrected chi connectivity index (χ3v) is 8.20. The van der Waals surface area contributed by atoms with E-state index >= 15 is 0 Å². The molecule has 3 aromatic rings. The molecule has 0 aromatic heterocycles. The minimum atomic E-state index is -3.94. The van der Waals surface area contributed by atoms with Gasteiger partial charge in [-0.1, -0.05) is 35.9 Å². The number of rotatable bonds is 8. The SMILES string of the molecule is CSc1ccc(S(=O)(=O)N(CC(=O)NC(C)c2ccc(C)c(C)c2)c2ccc(C)cc2)cc1. The van der Waals surface area contributed by atoms with E-state index < -0.39 is 10.0 Å². The van der Waals surface area contributed by atoms with Crippen LogP contribution in [-0.4, -0.2) is 27.1 Å². The summed E-state index contributed by atoms with van der Waals surface area (Å²) in [6.45, 7) is 7.58. The second-order valence-electron chi connectivity index (χ2n) is 8.16. The number of hydrogen-bond donors (Lipinski definition) is 1. The van der Waals surface area contributed by atoms with E-state index in [-0.39, 0.29) is 23.4 Å². The van der Waals surface area contributed by atoms with E-state index in [1.165, 1.54) is 21.6 Å². The van der Waals surface area contributed by atoms with E-state index in [4.69, 9.17) is 0 Å². The van der Waals surface area contributed by atoms with E-state index in [0.29, 0.717) is 5.69 Å². The number of carbonyl (C=O) groups is 1. The van der Waals surface area contributed by atoms with Crippen LogP contribution in [0.1, 0.15) is 35.2 Å². The first-order chi connectivity index (χ1) is 15.6. The summed E-state index contributed by atoms with van der Waals surface area (Å²) in [6.07, 6.45) is 1.93. The number of nitrogens with one attached hydrogen (secondary N) is 1. The molecule has 0 radical (unpaired) electrons. The lowest BCUT2D eigenvalue weighted by molar-refractivity contribution is -0.120. The van der Waals surface area contributed by atoms with Gasteiger partial charge in [-0.3, -0.25) is 9.10 Å². The van der Waals surface area contributed by atoms with Crippen LogP contribution < -0.4 is 9.62 Å². The van der Waals surface area contributed by atoms with Crippen LogP contribution >= 0.6 is 11.8 Å². The normalized spacial score (nSPS) is 12.3. The summed E-state index contributed by atoms with van der Waals surface area (Å²) in [5, 5.41) is 2.95. The van der Waals surface area contributed by atoms with Crippen LogP contribution in [0.4, 0.5) is 5.69 Å². The largest absolute Gasteiger partial charge is 0.348 e. The van der Waals surface area contributed by atoms with Gasteiger partial charge in [-0.25, -0.2) is 8.42 Å². The molecule has 0 saturated heterocycles. The predicted molar refractivity (Wildman–Crippen MR) is 136 cm³/mol. The summed E-state index contributed by atoms with van der Waals surface area (Å²) in [7, 11) is -3.94. The van der Waals surface area contributed by atoms with E-state index in [9.17, 15) is 13.2 Å². The second kappa shape index (κ2) is 10.4. The van der Waals surface area contributed by atoms with Crippen molar-refractivity contribution in [3.63, 3.8) is 0 Å². The van der Waals surface area contributed by atoms with E-state index in [1.807, 2.05) is 64.3 Å². The number of nitrogens with zero attached hydrogens (tertiary/aromatic N) is 1. The van der Waals surface area contributed by atoms with Crippen LogP contribution in [-0.2, 0) is 14.8 Å². The molecule has 5 nitrogen and oxygen atoms in total. The van der Waals surface area contributed by atoms with Crippen molar-refractivity contribution in [2.75, 3.05) is 17.1 Å². The molecule has 1 N–H and O–H groups in total. The number of hydrogen-bond acceptors (Lipinski definition) is 4. The fraction of sp³-hybridized carbons (Fsp3) is 0.269. The third-order valence-electron chi connectivity index (χ3n) is 5.67. The van der Waals surface area contributed by atoms with Gasteiger partial charge in [0.25, 0.3) is 10.0 Å². The van der Waals surface area contributed by atoms with Gasteiger partial charge in [0.2, 0.25) is 5.91 Å². The Bertz CT molecular complexity index is 1220. The Kier molecular flexibility index (Phi) is 7.87. The quantitative estimate of drug-likeness (QED) is 0.436. The van der Waals surface area contributed by atoms with Crippen molar-refractivity contribution in [1.82, 2.24) is 5.32 Å². The highest BCUT2D eigenvalue weighted by Crippen LogP contribution is 2.26. The molecule has 1 atom stereocenters. The van der Waals surface area contributed by atoms with Gasteiger partial charge >= 0.3 is 0 Å². The number of aryl methyl sites for hydroxylation is 3. The van der Waals surface area contributed by atoms with Crippen LogP contribution in [0.15, 0.2) is 76.5 Å². The van der Waals surface area contributed by atoms with Crippen molar-refractivity contribution in [2.24, 2.45) is 0 Å². The van der Waals surface area contributed by atoms with Gasteiger partial charge in [0.1, 0.15) is 6.54 Å². The van der Waals surface area contributed by atoms with Crippen LogP contribution in [0.2, 0.25) is 0 Å². The van der Waals surface area contributed by atoms with Crippen LogP contribution in [0, 0.1) is 20.8 Å². The molecule has 3 rings (SSSR count). The molecular weight excluding hydrogens is 452 g/mol. The zero-order valence-electron chi connectivity index (χ0n) is 19.6. The van der Waals surface area contributed by atoms with E-state index in [0.717, 1.165) is 21.6 Å². The van der Waals surface area contributed by atoms with Gasteiger partial charge in [-0.2, -0.15) is 0 Å². The maximum Gasteiger partial charge on any atom is 0.264 e. The lowest BCUT2D eigenvalue weighted by atomic mass is 10.0. The van der Waals surface area contributed by atoms with Gasteiger partial charge in [0.15, 0.2) is 0 Å². The average Bonchev–Trinajstić information content (AvgIpc) is 2.80. The molecule has 0 fully saturated rings. The molecule has 0 aliphatic heterocycles. The molecular formula is C26H30N2O3S2. The summed E-state index contributed by atoms with van der Waals surface area (Å²) >= 11 is 1.54. The van der Waals surface area contributed by atoms with Crippen molar-refractivity contribution in [3.05, 3.63) is 89.0 Å². The predicted octanol–water partition coefficient (Wildman–Crippen LogP) is 5.41. The summed E-state index contributed by atoms with van der Waals surface area (Å²) in [4.78, 5) is 14.1. The minimum Gasteiger partial charge on any atom is -0.348 e. The Labute approximate surface area is 201 Å². The van der Waals surface area contributed by atoms with Crippen molar-refractivity contribution in [2.45, 2.75) is 43.5 Å². The molecule has 0 spiro atoms. The summed E-state index contributed by atoms with van der Waals surface area (Å²) < 4.78 is 28.2. The lowest BCUT2D eigenvalue weighted by Crippen LogP contribution is -2.41. The third kappa shape index (κ3) is 5.97. The molecule has 3 aromatic carbocycles. The first kappa shape index (κ1) is 24.9. The molecule has 1 unspecified atom stereocenters. The van der Waals surface area contributed by atoms with Gasteiger partial charge in [0.05, 0.1) is 16.6 Å². The molecule has 0 saturated carbocycles. The number of benzene rings is 3. The monoisotopic (exact) mass is 482 g/mol. The summed E-state index contributed by atoms with van der Waals surface area (Å²) in [5.41, 5.74) is 4.76. The van der Waals surface area contributed by atoms with Gasteiger partial charge < -0.3 is 5.32 Å². The molecule has 174 valence electrons. The molecule has 0 aliphatic rings. The maximum atomic E-state index is 13.5. The van der Waals surface area contributed by atoms with Gasteiger partial charge in [-0.15, -0.1) is 11.8 Å². The molecule has 1 amide bonds. The Morgan fingerprint density at radius 2 is 1.58 bits per heavy atom. The van der Waals surface area contributed by atoms with Crippen LogP contribution in [0.3, 0.4) is 0 Å². The molecule has 0 heterocycles. The van der Waals surface area contributed by atoms with E-state index in [2.05, 4.69) is 5.32 Å². The first-order valence-corrected chi connectivity index (χ1v) is 13.4. The molecule has 33 heavy (non-hydrogen) atoms. The van der Waals surface area contributed by atoms with E-state index in [1.54, 1.807) is 36.4 Å². The molecule has 7 heteroatoms. The van der Waals surface area contributed by atoms with Crippen molar-refractivity contribution < 1.29 is 13.2 Å². The number of carbonyl (C=O) groups excluding carboxylic acids is 1. The standard InChI is InChI=1S/C26H30N2O3S2/c1-18-6-10-23(11-7-18)28(33(30,31)25-14-12-24(32-5)13-15-25)17-26(29)27-21(4)22-9-8-19(2)20(3)16-22/h6-16,21H,17H2,1-5H3,(H,27,29). The Morgan fingerprint density at radius 3 is 2.15 bits per heavy atom. The highest BCUT2D eigenvalue weighted by atomic mass is 32.2. The minimum absolute atomic E-state index is 0.149. The lowest BCUT2D eigenvalue weighted by Gasteiger charge is -2.25. The van der Waals surface area contributed by atoms with Crippen LogP contribution in [0.25, 0.3) is 0 Å². The number of thioether (sulfide) groups is 1. The average molecular weight is 483 g/mol. The fourth-order valence-corrected chi connectivity index (χ4v) is 5.27. The summed E-state index contributed by atoms with van der Waals surface area (Å²) in [6, 6.07) is 19.6. The maximum absolute atomic E-state index is 13.5. The number of anilines is 1. The second-order valence-corrected chi connectivity index (χ2v) is 10.9. The zero-order valence-corrected chi connectivity index (χ0v) is 21.3. The Balaban J connectivity index is 1.88. The first-order valence-electron chi connectivity index (χ1n) is 10.7. The summed E-state index contributed by atoms with van der Waals surface area (Å²) in [5.74, 6) is -0.370. The number of amides is 1. The van der Waals surface area contributed by atoms with Crippen LogP contribution in [0.5, 0.6) is 0 Å². The number of sulfonamides is 1. The highest BCUT2D eigenvalue weighted by molar-refractivity contribution is 7.98. The van der Waals surface area contributed by atoms with Crippen molar-refractivity contribution in [3.8, 4) is 0 Å². The topological polar surface area (TPSA) is 66.5 Å². The Morgan fingerprint density at radius 1 is 0.939 bits per heavy atom. The fourth-order valence-electron chi connectivity index (χ4n) is 3.44. The van der Waals surface area contributed by atoms with Gasteiger partial charge in [0, 0.05) is 4.90 Å². The zero-order chi connectivity index (χ0) is 24.2. The van der Waals surface area contributed by atoms with Gasteiger partial charge in [-0.05, 0) is 87.0 Å². The van der Waals surface area contributed by atoms with Crippen molar-refractivity contribution >= 4 is 33.4 Å². The molecule has 0 aliphatic carbocycles. The molecule has 0 bridgehead atoms. The highest BCUT2D eigenvalue weighted by Gasteiger charge is 2.27.